The van der Waals surface area contributed by atoms with E-state index in [9.17, 15) is 9.90 Å². The number of aromatic nitrogens is 1. The topological polar surface area (TPSA) is 68.4 Å². The Hall–Kier alpha value is -1.85. The molecular weight excluding hydrogens is 254 g/mol. The van der Waals surface area contributed by atoms with Gasteiger partial charge in [0.05, 0.1) is 5.60 Å². The maximum atomic E-state index is 12.1. The quantitative estimate of drug-likeness (QED) is 0.768. The molecule has 0 saturated heterocycles. The smallest absolute Gasteiger partial charge is 0.251 e. The summed E-state index contributed by atoms with van der Waals surface area (Å²) >= 11 is 0. The van der Waals surface area contributed by atoms with Crippen molar-refractivity contribution in [2.24, 2.45) is 0 Å². The molecule has 0 aliphatic heterocycles. The lowest BCUT2D eigenvalue weighted by molar-refractivity contribution is 0.0326. The fourth-order valence-electron chi connectivity index (χ4n) is 2.30. The number of aromatic amines is 1. The molecule has 1 amide bonds. The van der Waals surface area contributed by atoms with Crippen molar-refractivity contribution in [1.82, 2.24) is 15.2 Å². The van der Waals surface area contributed by atoms with Crippen LogP contribution in [0.15, 0.2) is 30.5 Å². The Kier molecular flexibility index (Phi) is 4.11. The number of nitrogens with one attached hydrogen (secondary N) is 2. The van der Waals surface area contributed by atoms with E-state index in [2.05, 4.69) is 10.3 Å². The number of fused-ring (bicyclic) bond motifs is 1. The molecule has 2 aromatic rings. The second-order valence-electron chi connectivity index (χ2n) is 5.70. The minimum atomic E-state index is -0.949. The van der Waals surface area contributed by atoms with E-state index in [-0.39, 0.29) is 12.5 Å². The van der Waals surface area contributed by atoms with Crippen molar-refractivity contribution in [2.75, 3.05) is 27.2 Å². The number of nitrogens with zero attached hydrogens (tertiary/aromatic N) is 1. The Morgan fingerprint density at radius 2 is 2.15 bits per heavy atom. The van der Waals surface area contributed by atoms with Gasteiger partial charge in [0.2, 0.25) is 0 Å². The number of benzene rings is 1. The van der Waals surface area contributed by atoms with Crippen molar-refractivity contribution in [1.29, 1.82) is 0 Å². The molecule has 3 N–H and O–H groups in total. The van der Waals surface area contributed by atoms with Gasteiger partial charge in [-0.15, -0.1) is 0 Å². The average Bonchev–Trinajstić information content (AvgIpc) is 2.81. The summed E-state index contributed by atoms with van der Waals surface area (Å²) in [5.41, 5.74) is 0.564. The molecule has 5 nitrogen and oxygen atoms in total. The van der Waals surface area contributed by atoms with Crippen molar-refractivity contribution >= 4 is 16.8 Å². The van der Waals surface area contributed by atoms with Gasteiger partial charge in [0.1, 0.15) is 0 Å². The van der Waals surface area contributed by atoms with Gasteiger partial charge >= 0.3 is 0 Å². The number of likely N-dealkylation sites (N-methyl/N-ethyl adjacent to an activating group) is 1. The largest absolute Gasteiger partial charge is 0.387 e. The highest BCUT2D eigenvalue weighted by Crippen LogP contribution is 2.14. The first-order valence-electron chi connectivity index (χ1n) is 6.60. The van der Waals surface area contributed by atoms with Gasteiger partial charge in [-0.3, -0.25) is 4.79 Å². The molecule has 108 valence electrons. The first kappa shape index (κ1) is 14.6. The van der Waals surface area contributed by atoms with Crippen LogP contribution < -0.4 is 5.32 Å². The zero-order valence-electron chi connectivity index (χ0n) is 12.1. The van der Waals surface area contributed by atoms with Gasteiger partial charge in [-0.1, -0.05) is 6.07 Å². The number of aliphatic hydroxyl groups is 1. The van der Waals surface area contributed by atoms with E-state index in [1.807, 2.05) is 43.4 Å². The standard InChI is InChI=1S/C15H21N3O2/c1-15(20,10-18(2)3)9-17-14(19)12-5-4-11-6-7-16-13(11)8-12/h4-8,16,20H,9-10H2,1-3H3,(H,17,19). The number of H-pyrrole nitrogens is 1. The van der Waals surface area contributed by atoms with E-state index in [1.54, 1.807) is 13.0 Å². The van der Waals surface area contributed by atoms with E-state index in [4.69, 9.17) is 0 Å². The highest BCUT2D eigenvalue weighted by Gasteiger charge is 2.22. The summed E-state index contributed by atoms with van der Waals surface area (Å²) in [6, 6.07) is 7.45. The minimum Gasteiger partial charge on any atom is -0.387 e. The molecule has 0 aliphatic carbocycles. The Bertz CT molecular complexity index is 602. The first-order chi connectivity index (χ1) is 9.37. The second-order valence-corrected chi connectivity index (χ2v) is 5.70. The Morgan fingerprint density at radius 1 is 1.40 bits per heavy atom. The molecule has 0 aliphatic rings. The monoisotopic (exact) mass is 275 g/mol. The molecule has 1 atom stereocenters. The molecule has 0 saturated carbocycles. The number of carbonyl (C=O) groups excluding carboxylic acids is 1. The maximum Gasteiger partial charge on any atom is 0.251 e. The third-order valence-corrected chi connectivity index (χ3v) is 3.10. The summed E-state index contributed by atoms with van der Waals surface area (Å²) in [4.78, 5) is 17.1. The number of hydrogen-bond acceptors (Lipinski definition) is 3. The van der Waals surface area contributed by atoms with Gasteiger partial charge in [-0.05, 0) is 44.6 Å². The zero-order valence-corrected chi connectivity index (χ0v) is 12.1. The van der Waals surface area contributed by atoms with Crippen LogP contribution in [-0.2, 0) is 0 Å². The maximum absolute atomic E-state index is 12.1. The normalized spacial score (nSPS) is 14.4. The summed E-state index contributed by atoms with van der Waals surface area (Å²) in [5, 5.41) is 14.0. The average molecular weight is 275 g/mol. The molecule has 1 heterocycles. The Balaban J connectivity index is 2.01. The molecule has 0 bridgehead atoms. The lowest BCUT2D eigenvalue weighted by Crippen LogP contribution is -2.47. The van der Waals surface area contributed by atoms with Gasteiger partial charge in [-0.25, -0.2) is 0 Å². The molecule has 2 rings (SSSR count). The van der Waals surface area contributed by atoms with Crippen LogP contribution in [0.1, 0.15) is 17.3 Å². The minimum absolute atomic E-state index is 0.180. The van der Waals surface area contributed by atoms with Crippen LogP contribution in [0.25, 0.3) is 10.9 Å². The lowest BCUT2D eigenvalue weighted by atomic mass is 10.1. The van der Waals surface area contributed by atoms with Crippen molar-refractivity contribution in [3.63, 3.8) is 0 Å². The third kappa shape index (κ3) is 3.59. The van der Waals surface area contributed by atoms with Gasteiger partial charge < -0.3 is 20.3 Å². The van der Waals surface area contributed by atoms with E-state index >= 15 is 0 Å². The molecule has 20 heavy (non-hydrogen) atoms. The van der Waals surface area contributed by atoms with Crippen LogP contribution >= 0.6 is 0 Å². The molecular formula is C15H21N3O2. The summed E-state index contributed by atoms with van der Waals surface area (Å²) in [5.74, 6) is -0.180. The number of hydrogen-bond donors (Lipinski definition) is 3. The van der Waals surface area contributed by atoms with Crippen LogP contribution in [0.4, 0.5) is 0 Å². The molecule has 0 spiro atoms. The van der Waals surface area contributed by atoms with Gasteiger partial charge in [0.25, 0.3) is 5.91 Å². The third-order valence-electron chi connectivity index (χ3n) is 3.10. The fraction of sp³-hybridized carbons (Fsp3) is 0.400. The van der Waals surface area contributed by atoms with E-state index in [1.165, 1.54) is 0 Å². The van der Waals surface area contributed by atoms with Crippen molar-refractivity contribution in [3.8, 4) is 0 Å². The van der Waals surface area contributed by atoms with E-state index < -0.39 is 5.60 Å². The number of carbonyl (C=O) groups is 1. The van der Waals surface area contributed by atoms with Crippen LogP contribution in [0, 0.1) is 0 Å². The Labute approximate surface area is 118 Å². The Morgan fingerprint density at radius 3 is 2.85 bits per heavy atom. The van der Waals surface area contributed by atoms with Crippen molar-refractivity contribution < 1.29 is 9.90 Å². The van der Waals surface area contributed by atoms with Crippen LogP contribution in [0.2, 0.25) is 0 Å². The molecule has 1 aromatic heterocycles. The molecule has 1 aromatic carbocycles. The molecule has 0 radical (unpaired) electrons. The summed E-state index contributed by atoms with van der Waals surface area (Å²) in [6.45, 7) is 2.41. The SMILES string of the molecule is CN(C)CC(C)(O)CNC(=O)c1ccc2cc[nH]c2c1. The molecule has 0 fully saturated rings. The summed E-state index contributed by atoms with van der Waals surface area (Å²) < 4.78 is 0. The fourth-order valence-corrected chi connectivity index (χ4v) is 2.30. The van der Waals surface area contributed by atoms with Gasteiger partial charge in [-0.2, -0.15) is 0 Å². The predicted octanol–water partition coefficient (Wildman–Crippen LogP) is 1.21. The lowest BCUT2D eigenvalue weighted by Gasteiger charge is -2.27. The van der Waals surface area contributed by atoms with E-state index in [0.29, 0.717) is 12.1 Å². The summed E-state index contributed by atoms with van der Waals surface area (Å²) in [7, 11) is 3.77. The summed E-state index contributed by atoms with van der Waals surface area (Å²) in [6.07, 6.45) is 1.84. The highest BCUT2D eigenvalue weighted by atomic mass is 16.3. The predicted molar refractivity (Wildman–Crippen MR) is 79.8 cm³/mol. The van der Waals surface area contributed by atoms with Crippen molar-refractivity contribution in [3.05, 3.63) is 36.0 Å². The molecule has 5 heteroatoms. The van der Waals surface area contributed by atoms with Crippen molar-refractivity contribution in [2.45, 2.75) is 12.5 Å². The number of rotatable bonds is 5. The zero-order chi connectivity index (χ0) is 14.8. The second kappa shape index (κ2) is 5.64. The van der Waals surface area contributed by atoms with Crippen LogP contribution in [0.5, 0.6) is 0 Å². The van der Waals surface area contributed by atoms with Crippen LogP contribution in [0.3, 0.4) is 0 Å². The van der Waals surface area contributed by atoms with Gasteiger partial charge in [0, 0.05) is 30.4 Å². The first-order valence-corrected chi connectivity index (χ1v) is 6.60. The highest BCUT2D eigenvalue weighted by molar-refractivity contribution is 5.97. The number of amides is 1. The van der Waals surface area contributed by atoms with Gasteiger partial charge in [0.15, 0.2) is 0 Å². The van der Waals surface area contributed by atoms with E-state index in [0.717, 1.165) is 10.9 Å². The molecule has 1 unspecified atom stereocenters. The van der Waals surface area contributed by atoms with Crippen LogP contribution in [-0.4, -0.2) is 53.7 Å².